The lowest BCUT2D eigenvalue weighted by Crippen LogP contribution is -1.95. The molecule has 1 aromatic carbocycles. The number of aromatic nitrogens is 3. The average molecular weight is 275 g/mol. The van der Waals surface area contributed by atoms with Crippen molar-refractivity contribution in [2.24, 2.45) is 0 Å². The highest BCUT2D eigenvalue weighted by atomic mass is 35.5. The van der Waals surface area contributed by atoms with Crippen LogP contribution in [0.15, 0.2) is 30.3 Å². The molecule has 0 saturated heterocycles. The van der Waals surface area contributed by atoms with Crippen molar-refractivity contribution in [1.29, 1.82) is 5.41 Å². The zero-order valence-electron chi connectivity index (χ0n) is 9.61. The summed E-state index contributed by atoms with van der Waals surface area (Å²) >= 11 is 5.82. The highest BCUT2D eigenvalue weighted by Crippen LogP contribution is 2.28. The molecule has 0 atom stereocenters. The minimum atomic E-state index is -0.301. The predicted molar refractivity (Wildman–Crippen MR) is 72.2 cm³/mol. The number of nitrogens with zero attached hydrogens (tertiary/aromatic N) is 2. The van der Waals surface area contributed by atoms with Gasteiger partial charge in [-0.2, -0.15) is 0 Å². The second-order valence-corrected chi connectivity index (χ2v) is 4.38. The largest absolute Gasteiger partial charge is 0.354 e. The third-order valence-electron chi connectivity index (χ3n) is 2.83. The average Bonchev–Trinajstić information content (AvgIpc) is 2.84. The lowest BCUT2D eigenvalue weighted by molar-refractivity contribution is 0.640. The molecule has 0 fully saturated rings. The van der Waals surface area contributed by atoms with Gasteiger partial charge in [-0.3, -0.25) is 0 Å². The summed E-state index contributed by atoms with van der Waals surface area (Å²) in [5, 5.41) is 15.5. The maximum Gasteiger partial charge on any atom is 0.152 e. The van der Waals surface area contributed by atoms with Crippen LogP contribution < -0.4 is 0 Å². The van der Waals surface area contributed by atoms with Gasteiger partial charge in [-0.05, 0) is 24.3 Å². The van der Waals surface area contributed by atoms with Crippen LogP contribution in [0.2, 0.25) is 5.15 Å². The third-order valence-corrected chi connectivity index (χ3v) is 3.02. The zero-order chi connectivity index (χ0) is 13.4. The molecule has 0 saturated carbocycles. The van der Waals surface area contributed by atoms with Crippen LogP contribution in [0.4, 0.5) is 4.39 Å². The van der Waals surface area contributed by atoms with Crippen molar-refractivity contribution in [3.63, 3.8) is 0 Å². The van der Waals surface area contributed by atoms with E-state index in [0.717, 1.165) is 6.21 Å². The fraction of sp³-hybridized carbons (Fsp3) is 0. The summed E-state index contributed by atoms with van der Waals surface area (Å²) in [5.74, 6) is -0.301. The molecule has 0 amide bonds. The van der Waals surface area contributed by atoms with Crippen LogP contribution >= 0.6 is 11.6 Å². The molecule has 2 aromatic heterocycles. The molecule has 0 aliphatic heterocycles. The Morgan fingerprint density at radius 3 is 2.84 bits per heavy atom. The molecule has 6 heteroatoms. The Morgan fingerprint density at radius 2 is 2.11 bits per heavy atom. The van der Waals surface area contributed by atoms with E-state index in [1.807, 2.05) is 0 Å². The van der Waals surface area contributed by atoms with Gasteiger partial charge >= 0.3 is 0 Å². The summed E-state index contributed by atoms with van der Waals surface area (Å²) in [6.07, 6.45) is 1.08. The van der Waals surface area contributed by atoms with Gasteiger partial charge in [0.2, 0.25) is 0 Å². The lowest BCUT2D eigenvalue weighted by atomic mass is 10.1. The lowest BCUT2D eigenvalue weighted by Gasteiger charge is -2.01. The molecule has 4 nitrogen and oxygen atoms in total. The fourth-order valence-corrected chi connectivity index (χ4v) is 2.11. The van der Waals surface area contributed by atoms with Crippen LogP contribution in [0.3, 0.4) is 0 Å². The standard InChI is InChI=1S/C13H8ClFN4/c14-13-5-8(12(6-16)18-19-13)11-4-7-9(15)2-1-3-10(7)17-11/h1-6,16-17H. The quantitative estimate of drug-likeness (QED) is 0.703. The topological polar surface area (TPSA) is 65.4 Å². The van der Waals surface area contributed by atoms with Crippen molar-refractivity contribution in [3.8, 4) is 11.3 Å². The van der Waals surface area contributed by atoms with Crippen LogP contribution in [0.1, 0.15) is 5.69 Å². The van der Waals surface area contributed by atoms with Crippen molar-refractivity contribution in [3.05, 3.63) is 47.0 Å². The molecule has 94 valence electrons. The zero-order valence-corrected chi connectivity index (χ0v) is 10.4. The van der Waals surface area contributed by atoms with Crippen molar-refractivity contribution in [1.82, 2.24) is 15.2 Å². The Bertz CT molecular complexity index is 781. The Balaban J connectivity index is 2.27. The summed E-state index contributed by atoms with van der Waals surface area (Å²) in [4.78, 5) is 3.08. The third kappa shape index (κ3) is 1.98. The molecule has 0 spiro atoms. The molecular formula is C13H8ClFN4. The van der Waals surface area contributed by atoms with Crippen LogP contribution in [0.25, 0.3) is 22.2 Å². The molecule has 0 aliphatic rings. The Morgan fingerprint density at radius 1 is 1.26 bits per heavy atom. The first-order valence-corrected chi connectivity index (χ1v) is 5.88. The Labute approximate surface area is 112 Å². The normalized spacial score (nSPS) is 10.8. The Hall–Kier alpha value is -2.27. The van der Waals surface area contributed by atoms with Gasteiger partial charge in [0.15, 0.2) is 5.15 Å². The number of H-pyrrole nitrogens is 1. The van der Waals surface area contributed by atoms with E-state index in [4.69, 9.17) is 17.0 Å². The first kappa shape index (κ1) is 11.8. The van der Waals surface area contributed by atoms with E-state index in [1.54, 1.807) is 24.3 Å². The van der Waals surface area contributed by atoms with Crippen molar-refractivity contribution < 1.29 is 4.39 Å². The van der Waals surface area contributed by atoms with E-state index in [2.05, 4.69) is 15.2 Å². The van der Waals surface area contributed by atoms with Gasteiger partial charge < -0.3 is 10.4 Å². The van der Waals surface area contributed by atoms with Crippen LogP contribution in [0.5, 0.6) is 0 Å². The maximum absolute atomic E-state index is 13.7. The van der Waals surface area contributed by atoms with Gasteiger partial charge in [0.1, 0.15) is 11.5 Å². The van der Waals surface area contributed by atoms with Gasteiger partial charge in [0.05, 0.1) is 0 Å². The van der Waals surface area contributed by atoms with E-state index in [9.17, 15) is 4.39 Å². The van der Waals surface area contributed by atoms with E-state index in [-0.39, 0.29) is 11.0 Å². The van der Waals surface area contributed by atoms with E-state index < -0.39 is 0 Å². The molecule has 0 unspecified atom stereocenters. The number of halogens is 2. The molecule has 0 aliphatic carbocycles. The molecule has 19 heavy (non-hydrogen) atoms. The number of benzene rings is 1. The monoisotopic (exact) mass is 274 g/mol. The SMILES string of the molecule is N=Cc1nnc(Cl)cc1-c1cc2c(F)cccc2[nH]1. The number of nitrogens with one attached hydrogen (secondary N) is 2. The number of rotatable bonds is 2. The van der Waals surface area contributed by atoms with E-state index in [1.165, 1.54) is 6.07 Å². The molecule has 3 aromatic rings. The summed E-state index contributed by atoms with van der Waals surface area (Å²) < 4.78 is 13.7. The van der Waals surface area contributed by atoms with Gasteiger partial charge in [-0.15, -0.1) is 10.2 Å². The van der Waals surface area contributed by atoms with Crippen LogP contribution in [0, 0.1) is 11.2 Å². The van der Waals surface area contributed by atoms with Gasteiger partial charge in [-0.1, -0.05) is 17.7 Å². The first-order valence-electron chi connectivity index (χ1n) is 5.50. The molecular weight excluding hydrogens is 267 g/mol. The van der Waals surface area contributed by atoms with Crippen LogP contribution in [-0.4, -0.2) is 21.4 Å². The van der Waals surface area contributed by atoms with Gasteiger partial charge in [0.25, 0.3) is 0 Å². The molecule has 2 N–H and O–H groups in total. The summed E-state index contributed by atoms with van der Waals surface area (Å²) in [7, 11) is 0. The van der Waals surface area contributed by atoms with E-state index >= 15 is 0 Å². The van der Waals surface area contributed by atoms with Crippen molar-refractivity contribution in [2.75, 3.05) is 0 Å². The number of hydrogen-bond acceptors (Lipinski definition) is 3. The first-order chi connectivity index (χ1) is 9.19. The smallest absolute Gasteiger partial charge is 0.152 e. The van der Waals surface area contributed by atoms with Crippen molar-refractivity contribution in [2.45, 2.75) is 0 Å². The highest BCUT2D eigenvalue weighted by molar-refractivity contribution is 6.29. The molecule has 0 radical (unpaired) electrons. The fourth-order valence-electron chi connectivity index (χ4n) is 1.96. The minimum Gasteiger partial charge on any atom is -0.354 e. The minimum absolute atomic E-state index is 0.222. The van der Waals surface area contributed by atoms with Gasteiger partial charge in [-0.25, -0.2) is 4.39 Å². The number of hydrogen-bond donors (Lipinski definition) is 2. The second kappa shape index (κ2) is 4.44. The Kier molecular flexibility index (Phi) is 2.76. The molecule has 3 rings (SSSR count). The summed E-state index contributed by atoms with van der Waals surface area (Å²) in [5.41, 5.74) is 2.32. The summed E-state index contributed by atoms with van der Waals surface area (Å²) in [6.45, 7) is 0. The van der Waals surface area contributed by atoms with Crippen molar-refractivity contribution >= 4 is 28.7 Å². The van der Waals surface area contributed by atoms with Crippen LogP contribution in [-0.2, 0) is 0 Å². The van der Waals surface area contributed by atoms with Gasteiger partial charge in [0, 0.05) is 28.4 Å². The second-order valence-electron chi connectivity index (χ2n) is 3.99. The summed E-state index contributed by atoms with van der Waals surface area (Å²) in [6, 6.07) is 8.08. The van der Waals surface area contributed by atoms with E-state index in [0.29, 0.717) is 27.9 Å². The number of fused-ring (bicyclic) bond motifs is 1. The predicted octanol–water partition coefficient (Wildman–Crippen LogP) is 3.42. The molecule has 2 heterocycles. The molecule has 0 bridgehead atoms. The highest BCUT2D eigenvalue weighted by Gasteiger charge is 2.11. The maximum atomic E-state index is 13.7. The number of aromatic amines is 1.